The van der Waals surface area contributed by atoms with Gasteiger partial charge in [0.05, 0.1) is 25.2 Å². The molecule has 0 fully saturated rings. The van der Waals surface area contributed by atoms with E-state index in [1.165, 1.54) is 7.11 Å². The Hall–Kier alpha value is -2.28. The summed E-state index contributed by atoms with van der Waals surface area (Å²) in [6.07, 6.45) is 0.0964. The highest BCUT2D eigenvalue weighted by molar-refractivity contribution is 6.32. The van der Waals surface area contributed by atoms with Gasteiger partial charge in [0, 0.05) is 12.0 Å². The number of benzene rings is 1. The lowest BCUT2D eigenvalue weighted by Gasteiger charge is -2.11. The van der Waals surface area contributed by atoms with Gasteiger partial charge >= 0.3 is 5.97 Å². The molecule has 8 heteroatoms. The minimum Gasteiger partial charge on any atom is -0.493 e. The summed E-state index contributed by atoms with van der Waals surface area (Å²) in [5, 5.41) is 12.8. The fourth-order valence-electron chi connectivity index (χ4n) is 1.82. The maximum atomic E-state index is 10.5. The van der Waals surface area contributed by atoms with Crippen LogP contribution in [0.2, 0.25) is 5.02 Å². The number of ether oxygens (including phenoxy) is 2. The molecule has 1 aromatic carbocycles. The Morgan fingerprint density at radius 1 is 1.45 bits per heavy atom. The quantitative estimate of drug-likeness (QED) is 0.835. The summed E-state index contributed by atoms with van der Waals surface area (Å²) < 4.78 is 15.7. The molecule has 1 N–H and O–H groups in total. The molecule has 0 saturated heterocycles. The van der Waals surface area contributed by atoms with Crippen molar-refractivity contribution in [1.82, 2.24) is 10.1 Å². The molecule has 0 bridgehead atoms. The summed E-state index contributed by atoms with van der Waals surface area (Å²) in [5.41, 5.74) is 0.593. The van der Waals surface area contributed by atoms with Crippen LogP contribution in [0, 0.1) is 0 Å². The van der Waals surface area contributed by atoms with Crippen LogP contribution < -0.4 is 9.47 Å². The average molecular weight is 327 g/mol. The van der Waals surface area contributed by atoms with E-state index in [1.54, 1.807) is 12.1 Å². The van der Waals surface area contributed by atoms with Gasteiger partial charge in [-0.3, -0.25) is 4.79 Å². The summed E-state index contributed by atoms with van der Waals surface area (Å²) in [7, 11) is 1.51. The van der Waals surface area contributed by atoms with E-state index >= 15 is 0 Å². The zero-order valence-electron chi connectivity index (χ0n) is 12.1. The maximum absolute atomic E-state index is 10.5. The van der Waals surface area contributed by atoms with Crippen LogP contribution in [0.25, 0.3) is 11.4 Å². The second-order valence-corrected chi connectivity index (χ2v) is 4.74. The smallest absolute Gasteiger partial charge is 0.303 e. The molecule has 0 saturated carbocycles. The molecular weight excluding hydrogens is 312 g/mol. The minimum atomic E-state index is -0.925. The van der Waals surface area contributed by atoms with Crippen molar-refractivity contribution in [2.24, 2.45) is 0 Å². The highest BCUT2D eigenvalue weighted by Gasteiger charge is 2.16. The number of carboxylic acids is 1. The Morgan fingerprint density at radius 2 is 2.23 bits per heavy atom. The standard InChI is InChI=1S/C14H15ClN2O5/c1-3-21-13-9(15)6-8(7-10(13)20-2)14-16-11(22-17-14)4-5-12(18)19/h6-7H,3-5H2,1-2H3,(H,18,19). The lowest BCUT2D eigenvalue weighted by atomic mass is 10.2. The Labute approximate surface area is 131 Å². The molecule has 0 aliphatic carbocycles. The van der Waals surface area contributed by atoms with Crippen molar-refractivity contribution in [2.75, 3.05) is 13.7 Å². The normalized spacial score (nSPS) is 10.5. The number of halogens is 1. The molecule has 0 radical (unpaired) electrons. The largest absolute Gasteiger partial charge is 0.493 e. The third-order valence-electron chi connectivity index (χ3n) is 2.80. The van der Waals surface area contributed by atoms with E-state index in [4.69, 9.17) is 30.7 Å². The van der Waals surface area contributed by atoms with Gasteiger partial charge in [-0.25, -0.2) is 0 Å². The molecule has 0 aliphatic rings. The first-order valence-corrected chi connectivity index (χ1v) is 6.98. The number of carbonyl (C=O) groups is 1. The van der Waals surface area contributed by atoms with Crippen molar-refractivity contribution in [3.63, 3.8) is 0 Å². The van der Waals surface area contributed by atoms with Crippen LogP contribution in [-0.2, 0) is 11.2 Å². The zero-order chi connectivity index (χ0) is 16.1. The van der Waals surface area contributed by atoms with Crippen molar-refractivity contribution in [1.29, 1.82) is 0 Å². The molecule has 0 unspecified atom stereocenters. The Bertz CT molecular complexity index is 671. The van der Waals surface area contributed by atoms with Crippen LogP contribution in [0.3, 0.4) is 0 Å². The molecule has 2 aromatic rings. The molecule has 118 valence electrons. The van der Waals surface area contributed by atoms with Crippen molar-refractivity contribution in [2.45, 2.75) is 19.8 Å². The first-order chi connectivity index (χ1) is 10.5. The predicted molar refractivity (Wildman–Crippen MR) is 78.4 cm³/mol. The second-order valence-electron chi connectivity index (χ2n) is 4.33. The average Bonchev–Trinajstić information content (AvgIpc) is 2.96. The number of hydrogen-bond acceptors (Lipinski definition) is 6. The van der Waals surface area contributed by atoms with Gasteiger partial charge in [-0.05, 0) is 19.1 Å². The zero-order valence-corrected chi connectivity index (χ0v) is 12.9. The van der Waals surface area contributed by atoms with Gasteiger partial charge < -0.3 is 19.1 Å². The first kappa shape index (κ1) is 16.1. The second kappa shape index (κ2) is 7.13. The number of aryl methyl sites for hydroxylation is 1. The van der Waals surface area contributed by atoms with E-state index in [0.29, 0.717) is 34.5 Å². The van der Waals surface area contributed by atoms with Crippen LogP contribution >= 0.6 is 11.6 Å². The van der Waals surface area contributed by atoms with Gasteiger partial charge in [0.25, 0.3) is 0 Å². The molecule has 1 aromatic heterocycles. The van der Waals surface area contributed by atoms with E-state index in [2.05, 4.69) is 10.1 Å². The predicted octanol–water partition coefficient (Wildman–Crippen LogP) is 2.81. The number of rotatable bonds is 7. The third kappa shape index (κ3) is 3.67. The summed E-state index contributed by atoms with van der Waals surface area (Å²) in [5.74, 6) is 0.543. The van der Waals surface area contributed by atoms with Gasteiger partial charge in [-0.15, -0.1) is 0 Å². The Balaban J connectivity index is 2.29. The van der Waals surface area contributed by atoms with Gasteiger partial charge in [0.15, 0.2) is 11.5 Å². The molecule has 0 spiro atoms. The summed E-state index contributed by atoms with van der Waals surface area (Å²) in [6.45, 7) is 2.30. The molecule has 2 rings (SSSR count). The van der Waals surface area contributed by atoms with E-state index < -0.39 is 5.97 Å². The van der Waals surface area contributed by atoms with Gasteiger partial charge in [-0.1, -0.05) is 16.8 Å². The molecule has 0 aliphatic heterocycles. The summed E-state index contributed by atoms with van der Waals surface area (Å²) in [4.78, 5) is 14.7. The third-order valence-corrected chi connectivity index (χ3v) is 3.08. The van der Waals surface area contributed by atoms with E-state index in [1.807, 2.05) is 6.92 Å². The van der Waals surface area contributed by atoms with Crippen LogP contribution in [0.4, 0.5) is 0 Å². The molecule has 7 nitrogen and oxygen atoms in total. The number of carboxylic acid groups (broad SMARTS) is 1. The highest BCUT2D eigenvalue weighted by atomic mass is 35.5. The lowest BCUT2D eigenvalue weighted by Crippen LogP contribution is -1.98. The molecule has 22 heavy (non-hydrogen) atoms. The maximum Gasteiger partial charge on any atom is 0.303 e. The molecule has 1 heterocycles. The van der Waals surface area contributed by atoms with Crippen molar-refractivity contribution in [3.8, 4) is 22.9 Å². The minimum absolute atomic E-state index is 0.0744. The van der Waals surface area contributed by atoms with E-state index in [-0.39, 0.29) is 18.7 Å². The first-order valence-electron chi connectivity index (χ1n) is 6.60. The number of hydrogen-bond donors (Lipinski definition) is 1. The number of nitrogens with zero attached hydrogens (tertiary/aromatic N) is 2. The van der Waals surface area contributed by atoms with Crippen LogP contribution in [0.15, 0.2) is 16.7 Å². The lowest BCUT2D eigenvalue weighted by molar-refractivity contribution is -0.137. The van der Waals surface area contributed by atoms with Gasteiger partial charge in [-0.2, -0.15) is 4.98 Å². The molecule has 0 atom stereocenters. The van der Waals surface area contributed by atoms with Crippen LogP contribution in [-0.4, -0.2) is 34.9 Å². The summed E-state index contributed by atoms with van der Waals surface area (Å²) in [6, 6.07) is 3.32. The molecular formula is C14H15ClN2O5. The monoisotopic (exact) mass is 326 g/mol. The Morgan fingerprint density at radius 3 is 2.86 bits per heavy atom. The van der Waals surface area contributed by atoms with Crippen molar-refractivity contribution >= 4 is 17.6 Å². The van der Waals surface area contributed by atoms with Crippen LogP contribution in [0.5, 0.6) is 11.5 Å². The summed E-state index contributed by atoms with van der Waals surface area (Å²) >= 11 is 6.18. The fourth-order valence-corrected chi connectivity index (χ4v) is 2.09. The van der Waals surface area contributed by atoms with Crippen molar-refractivity contribution in [3.05, 3.63) is 23.0 Å². The Kier molecular flexibility index (Phi) is 5.21. The number of aromatic nitrogens is 2. The van der Waals surface area contributed by atoms with Gasteiger partial charge in [0.2, 0.25) is 11.7 Å². The van der Waals surface area contributed by atoms with Gasteiger partial charge in [0.1, 0.15) is 0 Å². The number of methoxy groups -OCH3 is 1. The highest BCUT2D eigenvalue weighted by Crippen LogP contribution is 2.38. The van der Waals surface area contributed by atoms with Crippen molar-refractivity contribution < 1.29 is 23.9 Å². The van der Waals surface area contributed by atoms with E-state index in [9.17, 15) is 4.79 Å². The van der Waals surface area contributed by atoms with E-state index in [0.717, 1.165) is 0 Å². The topological polar surface area (TPSA) is 94.7 Å². The van der Waals surface area contributed by atoms with Crippen LogP contribution in [0.1, 0.15) is 19.2 Å². The SMILES string of the molecule is CCOc1c(Cl)cc(-c2noc(CCC(=O)O)n2)cc1OC. The molecule has 0 amide bonds. The fraction of sp³-hybridized carbons (Fsp3) is 0.357. The number of aliphatic carboxylic acids is 1.